The highest BCUT2D eigenvalue weighted by molar-refractivity contribution is 5.75. The topological polar surface area (TPSA) is 68.2 Å². The van der Waals surface area contributed by atoms with Crippen molar-refractivity contribution in [1.82, 2.24) is 4.90 Å². The maximum Gasteiger partial charge on any atom is 0.310 e. The zero-order valence-corrected chi connectivity index (χ0v) is 20.5. The number of rotatable bonds is 8. The van der Waals surface area contributed by atoms with Crippen LogP contribution in [-0.2, 0) is 16.1 Å². The average Bonchev–Trinajstić information content (AvgIpc) is 3.05. The third-order valence-corrected chi connectivity index (χ3v) is 8.15. The van der Waals surface area contributed by atoms with E-state index in [1.165, 1.54) is 18.4 Å². The van der Waals surface area contributed by atoms with E-state index in [1.807, 2.05) is 18.2 Å². The Labute approximate surface area is 197 Å². The minimum Gasteiger partial charge on any atom is -0.493 e. The summed E-state index contributed by atoms with van der Waals surface area (Å²) >= 11 is 0. The number of aliphatic hydroxyl groups excluding tert-OH is 1. The number of fused-ring (bicyclic) bond motifs is 2. The molecule has 1 aliphatic heterocycles. The second-order valence-electron chi connectivity index (χ2n) is 10.6. The zero-order valence-electron chi connectivity index (χ0n) is 20.5. The monoisotopic (exact) mass is 457 g/mol. The first-order valence-corrected chi connectivity index (χ1v) is 12.2. The Hall–Kier alpha value is -2.05. The number of ether oxygens (including phenoxy) is 3. The van der Waals surface area contributed by atoms with Crippen molar-refractivity contribution in [3.8, 4) is 11.5 Å². The van der Waals surface area contributed by atoms with E-state index >= 15 is 0 Å². The fraction of sp³-hybridized carbons (Fsp3) is 0.667. The smallest absolute Gasteiger partial charge is 0.310 e. The van der Waals surface area contributed by atoms with Gasteiger partial charge >= 0.3 is 5.97 Å². The first-order chi connectivity index (χ1) is 15.7. The normalized spacial score (nSPS) is 32.2. The van der Waals surface area contributed by atoms with Crippen molar-refractivity contribution < 1.29 is 24.1 Å². The molecule has 0 bridgehead atoms. The van der Waals surface area contributed by atoms with Gasteiger partial charge in [-0.2, -0.15) is 0 Å². The fourth-order valence-electron chi connectivity index (χ4n) is 6.56. The number of benzene rings is 1. The van der Waals surface area contributed by atoms with Crippen molar-refractivity contribution >= 4 is 5.97 Å². The predicted molar refractivity (Wildman–Crippen MR) is 127 cm³/mol. The summed E-state index contributed by atoms with van der Waals surface area (Å²) in [6.45, 7) is 10.2. The molecule has 3 aliphatic rings. The maximum absolute atomic E-state index is 13.0. The van der Waals surface area contributed by atoms with Crippen molar-refractivity contribution in [1.29, 1.82) is 0 Å². The SMILES string of the molecule is C=C1CCC[C@]2(C)C[C@H]3OC(=O)[C@@H](CN(Cc4ccc(OC)c(OC)c4)C[C@H](C)O)[C@@H]3C[C@@H]12. The van der Waals surface area contributed by atoms with Gasteiger partial charge < -0.3 is 19.3 Å². The molecule has 6 atom stereocenters. The van der Waals surface area contributed by atoms with E-state index in [-0.39, 0.29) is 29.3 Å². The number of methoxy groups -OCH3 is 2. The third kappa shape index (κ3) is 4.92. The average molecular weight is 458 g/mol. The Morgan fingerprint density at radius 3 is 2.76 bits per heavy atom. The Bertz CT molecular complexity index is 883. The van der Waals surface area contributed by atoms with Crippen molar-refractivity contribution in [2.75, 3.05) is 27.3 Å². The van der Waals surface area contributed by atoms with Gasteiger partial charge in [0.05, 0.1) is 26.2 Å². The van der Waals surface area contributed by atoms with Gasteiger partial charge in [0.25, 0.3) is 0 Å². The van der Waals surface area contributed by atoms with Gasteiger partial charge in [-0.1, -0.05) is 25.1 Å². The van der Waals surface area contributed by atoms with E-state index in [0.717, 1.165) is 24.8 Å². The highest BCUT2D eigenvalue weighted by Gasteiger charge is 2.55. The number of aliphatic hydroxyl groups is 1. The van der Waals surface area contributed by atoms with Gasteiger partial charge in [-0.15, -0.1) is 0 Å². The van der Waals surface area contributed by atoms with Crippen LogP contribution in [0.3, 0.4) is 0 Å². The Kier molecular flexibility index (Phi) is 7.06. The summed E-state index contributed by atoms with van der Waals surface area (Å²) in [6.07, 6.45) is 4.91. The lowest BCUT2D eigenvalue weighted by Crippen LogP contribution is -2.46. The molecule has 0 amide bonds. The molecule has 1 aromatic carbocycles. The van der Waals surface area contributed by atoms with Crippen molar-refractivity contribution in [3.63, 3.8) is 0 Å². The molecule has 1 N–H and O–H groups in total. The number of carbonyl (C=O) groups is 1. The van der Waals surface area contributed by atoms with E-state index in [1.54, 1.807) is 21.1 Å². The third-order valence-electron chi connectivity index (χ3n) is 8.15. The molecule has 1 aromatic rings. The van der Waals surface area contributed by atoms with Gasteiger partial charge in [-0.25, -0.2) is 0 Å². The second kappa shape index (κ2) is 9.67. The van der Waals surface area contributed by atoms with Gasteiger partial charge in [-0.3, -0.25) is 9.69 Å². The first-order valence-electron chi connectivity index (χ1n) is 12.2. The number of nitrogens with zero attached hydrogens (tertiary/aromatic N) is 1. The Morgan fingerprint density at radius 2 is 2.06 bits per heavy atom. The summed E-state index contributed by atoms with van der Waals surface area (Å²) in [5.74, 6) is 1.79. The molecular weight excluding hydrogens is 418 g/mol. The van der Waals surface area contributed by atoms with Gasteiger partial charge in [0.1, 0.15) is 6.10 Å². The highest BCUT2D eigenvalue weighted by atomic mass is 16.6. The molecule has 0 unspecified atom stereocenters. The van der Waals surface area contributed by atoms with Crippen LogP contribution in [0.2, 0.25) is 0 Å². The molecule has 1 saturated heterocycles. The van der Waals surface area contributed by atoms with E-state index < -0.39 is 6.10 Å². The number of esters is 1. The number of carbonyl (C=O) groups excluding carboxylic acids is 1. The molecule has 6 nitrogen and oxygen atoms in total. The molecule has 2 saturated carbocycles. The molecule has 4 rings (SSSR count). The van der Waals surface area contributed by atoms with Gasteiger partial charge in [-0.05, 0) is 68.1 Å². The standard InChI is InChI=1S/C27H39NO5/c1-17-7-6-10-27(3)13-25-20(12-22(17)27)21(26(30)33-25)16-28(14-18(2)29)15-19-8-9-23(31-4)24(11-19)32-5/h8-9,11,18,20-22,25,29H,1,6-7,10,12-16H2,2-5H3/t18-,20-,21-,22-,25+,27+/m0/s1. The molecule has 0 aromatic heterocycles. The molecule has 1 heterocycles. The second-order valence-corrected chi connectivity index (χ2v) is 10.6. The Morgan fingerprint density at radius 1 is 1.30 bits per heavy atom. The predicted octanol–water partition coefficient (Wildman–Crippen LogP) is 4.20. The first kappa shape index (κ1) is 24.1. The maximum atomic E-state index is 13.0. The molecule has 0 radical (unpaired) electrons. The van der Waals surface area contributed by atoms with Crippen molar-refractivity contribution in [3.05, 3.63) is 35.9 Å². The van der Waals surface area contributed by atoms with Crippen LogP contribution in [0, 0.1) is 23.2 Å². The van der Waals surface area contributed by atoms with Crippen molar-refractivity contribution in [2.45, 2.75) is 64.7 Å². The lowest BCUT2D eigenvalue weighted by Gasteiger charge is -2.50. The van der Waals surface area contributed by atoms with Crippen LogP contribution in [-0.4, -0.2) is 55.5 Å². The lowest BCUT2D eigenvalue weighted by molar-refractivity contribution is -0.146. The van der Waals surface area contributed by atoms with E-state index in [2.05, 4.69) is 18.4 Å². The zero-order chi connectivity index (χ0) is 23.8. The quantitative estimate of drug-likeness (QED) is 0.466. The van der Waals surface area contributed by atoms with E-state index in [4.69, 9.17) is 14.2 Å². The molecule has 6 heteroatoms. The van der Waals surface area contributed by atoms with Crippen LogP contribution >= 0.6 is 0 Å². The largest absolute Gasteiger partial charge is 0.493 e. The number of allylic oxidation sites excluding steroid dienone is 1. The summed E-state index contributed by atoms with van der Waals surface area (Å²) < 4.78 is 16.8. The minimum absolute atomic E-state index is 0.00382. The Balaban J connectivity index is 1.51. The highest BCUT2D eigenvalue weighted by Crippen LogP contribution is 2.57. The fourth-order valence-corrected chi connectivity index (χ4v) is 6.56. The van der Waals surface area contributed by atoms with Crippen LogP contribution < -0.4 is 9.47 Å². The molecule has 182 valence electrons. The lowest BCUT2D eigenvalue weighted by atomic mass is 9.55. The summed E-state index contributed by atoms with van der Waals surface area (Å²) in [5.41, 5.74) is 2.60. The molecule has 3 fully saturated rings. The van der Waals surface area contributed by atoms with Gasteiger partial charge in [0.2, 0.25) is 0 Å². The number of hydrogen-bond donors (Lipinski definition) is 1. The molecular formula is C27H39NO5. The summed E-state index contributed by atoms with van der Waals surface area (Å²) in [7, 11) is 3.25. The van der Waals surface area contributed by atoms with Crippen LogP contribution in [0.4, 0.5) is 0 Å². The van der Waals surface area contributed by atoms with E-state index in [0.29, 0.717) is 37.1 Å². The summed E-state index contributed by atoms with van der Waals surface area (Å²) in [5, 5.41) is 10.2. The molecule has 33 heavy (non-hydrogen) atoms. The van der Waals surface area contributed by atoms with E-state index in [9.17, 15) is 9.90 Å². The molecule has 2 aliphatic carbocycles. The van der Waals surface area contributed by atoms with Crippen LogP contribution in [0.25, 0.3) is 0 Å². The van der Waals surface area contributed by atoms with Crippen LogP contribution in [0.1, 0.15) is 51.5 Å². The van der Waals surface area contributed by atoms with Crippen molar-refractivity contribution in [2.24, 2.45) is 23.2 Å². The van der Waals surface area contributed by atoms with Gasteiger partial charge in [0, 0.05) is 25.6 Å². The van der Waals surface area contributed by atoms with Crippen LogP contribution in [0.5, 0.6) is 11.5 Å². The summed E-state index contributed by atoms with van der Waals surface area (Å²) in [4.78, 5) is 15.2. The number of hydrogen-bond acceptors (Lipinski definition) is 6. The van der Waals surface area contributed by atoms with Crippen LogP contribution in [0.15, 0.2) is 30.4 Å². The van der Waals surface area contributed by atoms with Gasteiger partial charge in [0.15, 0.2) is 11.5 Å². The summed E-state index contributed by atoms with van der Waals surface area (Å²) in [6, 6.07) is 5.86. The minimum atomic E-state index is -0.494. The molecule has 0 spiro atoms.